The van der Waals surface area contributed by atoms with Gasteiger partial charge in [-0.1, -0.05) is 0 Å². The first-order valence-electron chi connectivity index (χ1n) is 6.00. The largest absolute Gasteiger partial charge is 0.299 e. The smallest absolute Gasteiger partial charge is 0.264 e. The van der Waals surface area contributed by atoms with E-state index in [1.165, 1.54) is 17.1 Å². The van der Waals surface area contributed by atoms with Gasteiger partial charge in [-0.25, -0.2) is 10.8 Å². The van der Waals surface area contributed by atoms with Gasteiger partial charge < -0.3 is 0 Å². The summed E-state index contributed by atoms with van der Waals surface area (Å²) in [5.41, 5.74) is 2.53. The average Bonchev–Trinajstić information content (AvgIpc) is 2.79. The molecule has 2 rings (SSSR count). The van der Waals surface area contributed by atoms with Crippen LogP contribution in [0.5, 0.6) is 0 Å². The zero-order valence-electron chi connectivity index (χ0n) is 10.7. The van der Waals surface area contributed by atoms with E-state index < -0.39 is 0 Å². The van der Waals surface area contributed by atoms with Crippen LogP contribution in [0, 0.1) is 0 Å². The normalized spacial score (nSPS) is 10.8. The predicted octanol–water partition coefficient (Wildman–Crippen LogP) is -0.710. The summed E-state index contributed by atoms with van der Waals surface area (Å²) in [6.45, 7) is 0.522. The van der Waals surface area contributed by atoms with Gasteiger partial charge in [0.25, 0.3) is 5.56 Å². The molecule has 0 saturated carbocycles. The fraction of sp³-hybridized carbons (Fsp3) is 0.455. The first-order chi connectivity index (χ1) is 9.13. The highest BCUT2D eigenvalue weighted by Crippen LogP contribution is 2.04. The predicted molar refractivity (Wildman–Crippen MR) is 69.0 cm³/mol. The number of aryl methyl sites for hydroxylation is 2. The SMILES string of the molecule is Cn1ncc2c(=O)n(CCCCC(=O)NN)cnc21. The molecule has 0 bridgehead atoms. The molecular weight excluding hydrogens is 248 g/mol. The van der Waals surface area contributed by atoms with Crippen LogP contribution in [-0.4, -0.2) is 25.2 Å². The van der Waals surface area contributed by atoms with Gasteiger partial charge >= 0.3 is 0 Å². The number of nitrogens with one attached hydrogen (secondary N) is 1. The first-order valence-corrected chi connectivity index (χ1v) is 6.00. The number of carbonyl (C=O) groups excluding carboxylic acids is 1. The maximum absolute atomic E-state index is 12.1. The van der Waals surface area contributed by atoms with E-state index in [2.05, 4.69) is 15.5 Å². The molecule has 8 heteroatoms. The number of hydrogen-bond acceptors (Lipinski definition) is 5. The minimum Gasteiger partial charge on any atom is -0.299 e. The van der Waals surface area contributed by atoms with E-state index in [0.29, 0.717) is 36.8 Å². The van der Waals surface area contributed by atoms with Crippen LogP contribution in [0.1, 0.15) is 19.3 Å². The van der Waals surface area contributed by atoms with Gasteiger partial charge in [0.15, 0.2) is 5.65 Å². The molecule has 0 saturated heterocycles. The van der Waals surface area contributed by atoms with Crippen molar-refractivity contribution in [1.29, 1.82) is 0 Å². The second-order valence-electron chi connectivity index (χ2n) is 4.27. The Kier molecular flexibility index (Phi) is 3.91. The Morgan fingerprint density at radius 1 is 1.47 bits per heavy atom. The Labute approximate surface area is 109 Å². The molecule has 102 valence electrons. The van der Waals surface area contributed by atoms with E-state index in [9.17, 15) is 9.59 Å². The highest BCUT2D eigenvalue weighted by molar-refractivity contribution is 5.75. The quantitative estimate of drug-likeness (QED) is 0.321. The van der Waals surface area contributed by atoms with Crippen molar-refractivity contribution in [2.75, 3.05) is 0 Å². The minimum atomic E-state index is -0.201. The van der Waals surface area contributed by atoms with E-state index in [1.807, 2.05) is 0 Å². The summed E-state index contributed by atoms with van der Waals surface area (Å²) in [7, 11) is 1.74. The van der Waals surface area contributed by atoms with Crippen LogP contribution in [0.2, 0.25) is 0 Å². The van der Waals surface area contributed by atoms with Gasteiger partial charge in [0.05, 0.1) is 12.5 Å². The lowest BCUT2D eigenvalue weighted by Crippen LogP contribution is -2.29. The van der Waals surface area contributed by atoms with Gasteiger partial charge in [-0.2, -0.15) is 5.10 Å². The summed E-state index contributed by atoms with van der Waals surface area (Å²) in [4.78, 5) is 27.2. The summed E-state index contributed by atoms with van der Waals surface area (Å²) in [6.07, 6.45) is 4.76. The highest BCUT2D eigenvalue weighted by Gasteiger charge is 2.07. The van der Waals surface area contributed by atoms with Crippen LogP contribution < -0.4 is 16.8 Å². The van der Waals surface area contributed by atoms with Crippen LogP contribution in [-0.2, 0) is 18.4 Å². The summed E-state index contributed by atoms with van der Waals surface area (Å²) in [5.74, 6) is 4.78. The van der Waals surface area contributed by atoms with Crippen LogP contribution in [0.3, 0.4) is 0 Å². The summed E-state index contributed by atoms with van der Waals surface area (Å²) >= 11 is 0. The molecule has 19 heavy (non-hydrogen) atoms. The lowest BCUT2D eigenvalue weighted by atomic mass is 10.2. The third-order valence-electron chi connectivity index (χ3n) is 2.93. The van der Waals surface area contributed by atoms with Gasteiger partial charge in [0.2, 0.25) is 5.91 Å². The number of nitrogens with zero attached hydrogens (tertiary/aromatic N) is 4. The summed E-state index contributed by atoms with van der Waals surface area (Å²) < 4.78 is 3.09. The van der Waals surface area contributed by atoms with Crippen LogP contribution in [0.25, 0.3) is 11.0 Å². The van der Waals surface area contributed by atoms with Crippen molar-refractivity contribution in [1.82, 2.24) is 24.8 Å². The number of unbranched alkanes of at least 4 members (excludes halogenated alkanes) is 1. The molecule has 8 nitrogen and oxygen atoms in total. The molecule has 0 aliphatic heterocycles. The molecule has 3 N–H and O–H groups in total. The van der Waals surface area contributed by atoms with Crippen molar-refractivity contribution in [3.05, 3.63) is 22.9 Å². The lowest BCUT2D eigenvalue weighted by molar-refractivity contribution is -0.121. The van der Waals surface area contributed by atoms with Crippen molar-refractivity contribution < 1.29 is 4.79 Å². The monoisotopic (exact) mass is 264 g/mol. The third-order valence-corrected chi connectivity index (χ3v) is 2.93. The Morgan fingerprint density at radius 3 is 3.00 bits per heavy atom. The number of nitrogens with two attached hydrogens (primary N) is 1. The van der Waals surface area contributed by atoms with Gasteiger partial charge in [-0.05, 0) is 12.8 Å². The zero-order chi connectivity index (χ0) is 13.8. The van der Waals surface area contributed by atoms with Gasteiger partial charge in [0.1, 0.15) is 5.39 Å². The van der Waals surface area contributed by atoms with Crippen LogP contribution >= 0.6 is 0 Å². The second kappa shape index (κ2) is 5.61. The molecular formula is C11H16N6O2. The molecule has 0 aliphatic rings. The number of fused-ring (bicyclic) bond motifs is 1. The standard InChI is InChI=1S/C11H16N6O2/c1-16-10-8(6-14-16)11(19)17(7-13-10)5-3-2-4-9(18)15-12/h6-7H,2-5,12H2,1H3,(H,15,18). The zero-order valence-corrected chi connectivity index (χ0v) is 10.7. The summed E-state index contributed by atoms with van der Waals surface area (Å²) in [5, 5.41) is 4.51. The minimum absolute atomic E-state index is 0.110. The number of amides is 1. The number of hydrazine groups is 1. The molecule has 1 amide bonds. The second-order valence-corrected chi connectivity index (χ2v) is 4.27. The molecule has 0 aliphatic carbocycles. The van der Waals surface area contributed by atoms with Crippen molar-refractivity contribution in [2.24, 2.45) is 12.9 Å². The fourth-order valence-corrected chi connectivity index (χ4v) is 1.87. The molecule has 2 aromatic rings. The van der Waals surface area contributed by atoms with Crippen LogP contribution in [0.15, 0.2) is 17.3 Å². The molecule has 0 atom stereocenters. The maximum Gasteiger partial charge on any atom is 0.264 e. The highest BCUT2D eigenvalue weighted by atomic mass is 16.2. The van der Waals surface area contributed by atoms with E-state index in [-0.39, 0.29) is 11.5 Å². The van der Waals surface area contributed by atoms with Gasteiger partial charge in [0, 0.05) is 20.0 Å². The van der Waals surface area contributed by atoms with Crippen molar-refractivity contribution in [3.8, 4) is 0 Å². The molecule has 2 heterocycles. The van der Waals surface area contributed by atoms with E-state index in [4.69, 9.17) is 5.84 Å². The Bertz CT molecular complexity index is 644. The number of rotatable bonds is 5. The van der Waals surface area contributed by atoms with Crippen molar-refractivity contribution >= 4 is 16.9 Å². The van der Waals surface area contributed by atoms with Crippen molar-refractivity contribution in [3.63, 3.8) is 0 Å². The molecule has 0 unspecified atom stereocenters. The van der Waals surface area contributed by atoms with E-state index >= 15 is 0 Å². The number of hydrogen-bond donors (Lipinski definition) is 2. The third kappa shape index (κ3) is 2.79. The van der Waals surface area contributed by atoms with Gasteiger partial charge in [-0.15, -0.1) is 0 Å². The topological polar surface area (TPSA) is 108 Å². The fourth-order valence-electron chi connectivity index (χ4n) is 1.87. The Hall–Kier alpha value is -2.22. The number of carbonyl (C=O) groups is 1. The number of aromatic nitrogens is 4. The molecule has 0 fully saturated rings. The van der Waals surface area contributed by atoms with Crippen LogP contribution in [0.4, 0.5) is 0 Å². The Morgan fingerprint density at radius 2 is 2.26 bits per heavy atom. The van der Waals surface area contributed by atoms with Crippen molar-refractivity contribution in [2.45, 2.75) is 25.8 Å². The average molecular weight is 264 g/mol. The lowest BCUT2D eigenvalue weighted by Gasteiger charge is -2.05. The molecule has 0 radical (unpaired) electrons. The Balaban J connectivity index is 2.03. The van der Waals surface area contributed by atoms with E-state index in [0.717, 1.165) is 0 Å². The molecule has 0 aromatic carbocycles. The van der Waals surface area contributed by atoms with E-state index in [1.54, 1.807) is 11.7 Å². The first kappa shape index (κ1) is 13.2. The molecule has 0 spiro atoms. The maximum atomic E-state index is 12.1. The molecule has 2 aromatic heterocycles. The summed E-state index contributed by atoms with van der Waals surface area (Å²) in [6, 6.07) is 0. The van der Waals surface area contributed by atoms with Gasteiger partial charge in [-0.3, -0.25) is 24.3 Å².